The first-order valence-corrected chi connectivity index (χ1v) is 10.5. The molecule has 1 fully saturated rings. The Morgan fingerprint density at radius 3 is 2.85 bits per heavy atom. The monoisotopic (exact) mass is 385 g/mol. The van der Waals surface area contributed by atoms with Gasteiger partial charge in [0.2, 0.25) is 5.91 Å². The van der Waals surface area contributed by atoms with Crippen molar-refractivity contribution in [2.75, 3.05) is 5.75 Å². The van der Waals surface area contributed by atoms with Crippen LogP contribution in [0.25, 0.3) is 11.4 Å². The van der Waals surface area contributed by atoms with E-state index in [-0.39, 0.29) is 11.9 Å². The number of carbonyl (C=O) groups excluding carboxylic acids is 1. The molecule has 2 heterocycles. The number of amides is 1. The lowest BCUT2D eigenvalue weighted by Crippen LogP contribution is -2.44. The Morgan fingerprint density at radius 2 is 2.11 bits per heavy atom. The molecule has 0 aliphatic heterocycles. The van der Waals surface area contributed by atoms with Gasteiger partial charge in [-0.2, -0.15) is 0 Å². The largest absolute Gasteiger partial charge is 0.352 e. The molecule has 1 aliphatic carbocycles. The SMILES string of the molecule is C=CCn1c(SCC(=O)N[C@H]2CCC[C@@H](C)[C@H]2C)nnc1-c1ccncc1. The molecule has 27 heavy (non-hydrogen) atoms. The van der Waals surface area contributed by atoms with E-state index in [9.17, 15) is 4.79 Å². The molecule has 3 atom stereocenters. The quantitative estimate of drug-likeness (QED) is 0.583. The number of nitrogens with zero attached hydrogens (tertiary/aromatic N) is 4. The molecular formula is C20H27N5OS. The molecule has 0 bridgehead atoms. The number of rotatable bonds is 7. The van der Waals surface area contributed by atoms with Crippen LogP contribution in [-0.2, 0) is 11.3 Å². The Bertz CT molecular complexity index is 776. The van der Waals surface area contributed by atoms with Gasteiger partial charge in [0, 0.05) is 30.5 Å². The van der Waals surface area contributed by atoms with E-state index in [2.05, 4.69) is 40.9 Å². The van der Waals surface area contributed by atoms with Gasteiger partial charge in [-0.15, -0.1) is 16.8 Å². The van der Waals surface area contributed by atoms with Crippen LogP contribution < -0.4 is 5.32 Å². The van der Waals surface area contributed by atoms with Gasteiger partial charge in [0.25, 0.3) is 0 Å². The molecule has 0 radical (unpaired) electrons. The molecule has 2 aromatic heterocycles. The molecule has 7 heteroatoms. The molecule has 2 aromatic rings. The summed E-state index contributed by atoms with van der Waals surface area (Å²) in [5.41, 5.74) is 0.945. The zero-order chi connectivity index (χ0) is 19.2. The van der Waals surface area contributed by atoms with Gasteiger partial charge in [0.15, 0.2) is 11.0 Å². The molecular weight excluding hydrogens is 358 g/mol. The van der Waals surface area contributed by atoms with E-state index in [4.69, 9.17) is 0 Å². The first-order valence-electron chi connectivity index (χ1n) is 9.46. The number of thioether (sulfide) groups is 1. The molecule has 0 spiro atoms. The van der Waals surface area contributed by atoms with Crippen LogP contribution >= 0.6 is 11.8 Å². The van der Waals surface area contributed by atoms with Crippen molar-refractivity contribution >= 4 is 17.7 Å². The zero-order valence-corrected chi connectivity index (χ0v) is 16.8. The van der Waals surface area contributed by atoms with Crippen LogP contribution in [-0.4, -0.2) is 37.5 Å². The Kier molecular flexibility index (Phi) is 6.66. The maximum Gasteiger partial charge on any atom is 0.230 e. The van der Waals surface area contributed by atoms with E-state index in [1.54, 1.807) is 12.4 Å². The predicted molar refractivity (Wildman–Crippen MR) is 108 cm³/mol. The summed E-state index contributed by atoms with van der Waals surface area (Å²) in [6.07, 6.45) is 8.78. The van der Waals surface area contributed by atoms with Gasteiger partial charge in [-0.3, -0.25) is 14.3 Å². The molecule has 0 unspecified atom stereocenters. The van der Waals surface area contributed by atoms with Crippen molar-refractivity contribution < 1.29 is 4.79 Å². The number of pyridine rings is 1. The van der Waals surface area contributed by atoms with Crippen molar-refractivity contribution in [2.24, 2.45) is 11.8 Å². The summed E-state index contributed by atoms with van der Waals surface area (Å²) in [6, 6.07) is 4.08. The number of aromatic nitrogens is 4. The van der Waals surface area contributed by atoms with Crippen LogP contribution in [0, 0.1) is 11.8 Å². The van der Waals surface area contributed by atoms with Crippen LogP contribution in [0.2, 0.25) is 0 Å². The Labute approximate surface area is 164 Å². The fraction of sp³-hybridized carbons (Fsp3) is 0.500. The summed E-state index contributed by atoms with van der Waals surface area (Å²) in [4.78, 5) is 16.5. The van der Waals surface area contributed by atoms with Crippen LogP contribution in [0.1, 0.15) is 33.1 Å². The van der Waals surface area contributed by atoms with E-state index in [1.807, 2.05) is 22.8 Å². The Hall–Kier alpha value is -2.15. The molecule has 1 aliphatic rings. The minimum Gasteiger partial charge on any atom is -0.352 e. The second kappa shape index (κ2) is 9.17. The number of allylic oxidation sites excluding steroid dienone is 1. The highest BCUT2D eigenvalue weighted by molar-refractivity contribution is 7.99. The maximum absolute atomic E-state index is 12.5. The molecule has 1 saturated carbocycles. The van der Waals surface area contributed by atoms with Crippen molar-refractivity contribution in [2.45, 2.75) is 50.9 Å². The predicted octanol–water partition coefficient (Wildman–Crippen LogP) is 3.56. The highest BCUT2D eigenvalue weighted by atomic mass is 32.2. The van der Waals surface area contributed by atoms with Crippen molar-refractivity contribution in [3.05, 3.63) is 37.2 Å². The average Bonchev–Trinajstić information content (AvgIpc) is 3.07. The van der Waals surface area contributed by atoms with Crippen LogP contribution in [0.15, 0.2) is 42.3 Å². The topological polar surface area (TPSA) is 72.7 Å². The zero-order valence-electron chi connectivity index (χ0n) is 16.0. The Morgan fingerprint density at radius 1 is 1.33 bits per heavy atom. The number of carbonyl (C=O) groups is 1. The number of nitrogens with one attached hydrogen (secondary N) is 1. The van der Waals surface area contributed by atoms with Crippen LogP contribution in [0.4, 0.5) is 0 Å². The summed E-state index contributed by atoms with van der Waals surface area (Å²) in [7, 11) is 0. The van der Waals surface area contributed by atoms with Gasteiger partial charge in [0.1, 0.15) is 0 Å². The lowest BCUT2D eigenvalue weighted by Gasteiger charge is -2.34. The third-order valence-corrected chi connectivity index (χ3v) is 6.32. The summed E-state index contributed by atoms with van der Waals surface area (Å²) < 4.78 is 1.98. The van der Waals surface area contributed by atoms with Gasteiger partial charge in [-0.05, 0) is 30.4 Å². The summed E-state index contributed by atoms with van der Waals surface area (Å²) in [6.45, 7) is 8.92. The summed E-state index contributed by atoms with van der Waals surface area (Å²) in [5, 5.41) is 12.5. The minimum atomic E-state index is 0.0598. The van der Waals surface area contributed by atoms with Crippen LogP contribution in [0.5, 0.6) is 0 Å². The average molecular weight is 386 g/mol. The highest BCUT2D eigenvalue weighted by Crippen LogP contribution is 2.30. The van der Waals surface area contributed by atoms with E-state index < -0.39 is 0 Å². The normalized spacial score (nSPS) is 22.4. The lowest BCUT2D eigenvalue weighted by atomic mass is 9.78. The second-order valence-electron chi connectivity index (χ2n) is 7.17. The molecule has 0 saturated heterocycles. The number of hydrogen-bond donors (Lipinski definition) is 1. The van der Waals surface area contributed by atoms with E-state index in [0.29, 0.717) is 24.1 Å². The van der Waals surface area contributed by atoms with Crippen molar-refractivity contribution in [1.29, 1.82) is 0 Å². The summed E-state index contributed by atoms with van der Waals surface area (Å²) >= 11 is 1.42. The van der Waals surface area contributed by atoms with Crippen LogP contribution in [0.3, 0.4) is 0 Å². The molecule has 144 valence electrons. The molecule has 6 nitrogen and oxygen atoms in total. The summed E-state index contributed by atoms with van der Waals surface area (Å²) in [5.74, 6) is 2.34. The van der Waals surface area contributed by atoms with Gasteiger partial charge in [-0.25, -0.2) is 0 Å². The molecule has 0 aromatic carbocycles. The van der Waals surface area contributed by atoms with Crippen molar-refractivity contribution in [1.82, 2.24) is 25.1 Å². The third-order valence-electron chi connectivity index (χ3n) is 5.35. The van der Waals surface area contributed by atoms with Gasteiger partial charge < -0.3 is 5.32 Å². The van der Waals surface area contributed by atoms with Gasteiger partial charge in [-0.1, -0.05) is 44.5 Å². The third kappa shape index (κ3) is 4.77. The minimum absolute atomic E-state index is 0.0598. The number of hydrogen-bond acceptors (Lipinski definition) is 5. The standard InChI is InChI=1S/C20H27N5OS/c1-4-12-25-19(16-8-10-21-11-9-16)23-24-20(25)27-13-18(26)22-17-7-5-6-14(2)15(17)3/h4,8-11,14-15,17H,1,5-7,12-13H2,2-3H3,(H,22,26)/t14-,15-,17+/m1/s1. The molecule has 1 N–H and O–H groups in total. The smallest absolute Gasteiger partial charge is 0.230 e. The van der Waals surface area contributed by atoms with E-state index in [0.717, 1.165) is 23.0 Å². The highest BCUT2D eigenvalue weighted by Gasteiger charge is 2.28. The van der Waals surface area contributed by atoms with Crippen molar-refractivity contribution in [3.8, 4) is 11.4 Å². The fourth-order valence-corrected chi connectivity index (χ4v) is 4.33. The molecule has 3 rings (SSSR count). The van der Waals surface area contributed by atoms with E-state index >= 15 is 0 Å². The second-order valence-corrected chi connectivity index (χ2v) is 8.11. The maximum atomic E-state index is 12.5. The first kappa shape index (κ1) is 19.6. The molecule has 1 amide bonds. The fourth-order valence-electron chi connectivity index (χ4n) is 3.57. The first-order chi connectivity index (χ1) is 13.1. The Balaban J connectivity index is 1.64. The lowest BCUT2D eigenvalue weighted by molar-refractivity contribution is -0.120. The van der Waals surface area contributed by atoms with Gasteiger partial charge in [0.05, 0.1) is 5.75 Å². The van der Waals surface area contributed by atoms with E-state index in [1.165, 1.54) is 24.6 Å². The van der Waals surface area contributed by atoms with Crippen molar-refractivity contribution in [3.63, 3.8) is 0 Å². The van der Waals surface area contributed by atoms with Gasteiger partial charge >= 0.3 is 0 Å².